The number of H-pyrrole nitrogens is 1. The maximum absolute atomic E-state index is 12.8. The first-order chi connectivity index (χ1) is 12.1. The summed E-state index contributed by atoms with van der Waals surface area (Å²) in [6.07, 6.45) is 6.08. The van der Waals surface area contributed by atoms with Crippen molar-refractivity contribution in [3.05, 3.63) is 58.3 Å². The number of carbonyl (C=O) groups is 1. The number of nitrogens with one attached hydrogen (secondary N) is 1. The Hall–Kier alpha value is -2.63. The van der Waals surface area contributed by atoms with Gasteiger partial charge >= 0.3 is 0 Å². The van der Waals surface area contributed by atoms with Crippen LogP contribution in [-0.4, -0.2) is 41.0 Å². The Morgan fingerprint density at radius 2 is 2.04 bits per heavy atom. The molecule has 1 atom stereocenters. The van der Waals surface area contributed by atoms with Gasteiger partial charge in [-0.15, -0.1) is 0 Å². The molecule has 0 radical (unpaired) electrons. The average molecular weight is 339 g/mol. The fourth-order valence-electron chi connectivity index (χ4n) is 4.21. The molecule has 1 unspecified atom stereocenters. The molecule has 25 heavy (non-hydrogen) atoms. The van der Waals surface area contributed by atoms with Crippen LogP contribution in [0.25, 0.3) is 0 Å². The van der Waals surface area contributed by atoms with Crippen molar-refractivity contribution in [2.45, 2.75) is 25.2 Å². The van der Waals surface area contributed by atoms with E-state index >= 15 is 0 Å². The fraction of sp³-hybridized carbons (Fsp3) is 0.421. The van der Waals surface area contributed by atoms with Gasteiger partial charge in [0.15, 0.2) is 0 Å². The molecule has 1 aromatic carbocycles. The van der Waals surface area contributed by atoms with Crippen LogP contribution in [-0.2, 0) is 0 Å². The zero-order chi connectivity index (χ0) is 17.4. The van der Waals surface area contributed by atoms with Crippen molar-refractivity contribution in [1.82, 2.24) is 14.9 Å². The minimum absolute atomic E-state index is 0.146. The standard InChI is InChI=1S/C19H21N3O3/c1-25-14-5-3-13(4-6-14)15-11-22(12-19(15)7-2-8-19)18(24)16-9-20-10-17(23)21-16/h3-6,9-10,15H,2,7-8,11-12H2,1H3,(H,21,23). The number of methoxy groups -OCH3 is 1. The molecule has 1 saturated heterocycles. The summed E-state index contributed by atoms with van der Waals surface area (Å²) in [7, 11) is 1.66. The summed E-state index contributed by atoms with van der Waals surface area (Å²) in [5.74, 6) is 1.01. The highest BCUT2D eigenvalue weighted by Crippen LogP contribution is 2.55. The predicted octanol–water partition coefficient (Wildman–Crippen LogP) is 2.19. The lowest BCUT2D eigenvalue weighted by Crippen LogP contribution is -2.38. The maximum Gasteiger partial charge on any atom is 0.272 e. The number of nitrogens with zero attached hydrogens (tertiary/aromatic N) is 2. The molecule has 6 nitrogen and oxygen atoms in total. The molecule has 1 N–H and O–H groups in total. The summed E-state index contributed by atoms with van der Waals surface area (Å²) >= 11 is 0. The van der Waals surface area contributed by atoms with Crippen molar-refractivity contribution in [2.24, 2.45) is 5.41 Å². The minimum atomic E-state index is -0.352. The van der Waals surface area contributed by atoms with Crippen LogP contribution in [0, 0.1) is 5.41 Å². The van der Waals surface area contributed by atoms with Crippen LogP contribution in [0.5, 0.6) is 5.75 Å². The minimum Gasteiger partial charge on any atom is -0.497 e. The number of aromatic nitrogens is 2. The molecule has 1 aliphatic carbocycles. The number of aromatic amines is 1. The number of carbonyl (C=O) groups excluding carboxylic acids is 1. The van der Waals surface area contributed by atoms with E-state index in [9.17, 15) is 9.59 Å². The van der Waals surface area contributed by atoms with Crippen LogP contribution in [0.15, 0.2) is 41.5 Å². The Bertz CT molecular complexity index is 839. The molecule has 2 aromatic rings. The van der Waals surface area contributed by atoms with Gasteiger partial charge in [0.05, 0.1) is 19.5 Å². The summed E-state index contributed by atoms with van der Waals surface area (Å²) < 4.78 is 5.25. The first-order valence-corrected chi connectivity index (χ1v) is 8.59. The Balaban J connectivity index is 1.60. The first kappa shape index (κ1) is 15.9. The lowest BCUT2D eigenvalue weighted by molar-refractivity contribution is 0.0719. The molecule has 0 bridgehead atoms. The highest BCUT2D eigenvalue weighted by Gasteiger charge is 2.52. The van der Waals surface area contributed by atoms with Gasteiger partial charge in [-0.05, 0) is 36.0 Å². The lowest BCUT2D eigenvalue weighted by Gasteiger charge is -2.43. The van der Waals surface area contributed by atoms with Gasteiger partial charge < -0.3 is 14.6 Å². The number of ether oxygens (including phenoxy) is 1. The second kappa shape index (κ2) is 6.02. The van der Waals surface area contributed by atoms with Crippen LogP contribution in [0.3, 0.4) is 0 Å². The van der Waals surface area contributed by atoms with Gasteiger partial charge in [-0.3, -0.25) is 14.6 Å². The quantitative estimate of drug-likeness (QED) is 0.930. The molecular weight excluding hydrogens is 318 g/mol. The Morgan fingerprint density at radius 3 is 2.64 bits per heavy atom. The van der Waals surface area contributed by atoms with E-state index in [1.807, 2.05) is 17.0 Å². The number of hydrogen-bond acceptors (Lipinski definition) is 4. The normalized spacial score (nSPS) is 21.2. The van der Waals surface area contributed by atoms with E-state index in [1.54, 1.807) is 7.11 Å². The number of rotatable bonds is 3. The summed E-state index contributed by atoms with van der Waals surface area (Å²) in [6.45, 7) is 1.40. The van der Waals surface area contributed by atoms with Crippen LogP contribution < -0.4 is 10.3 Å². The Morgan fingerprint density at radius 1 is 1.28 bits per heavy atom. The summed E-state index contributed by atoms with van der Waals surface area (Å²) in [5, 5.41) is 0. The molecule has 1 amide bonds. The number of hydrogen-bond donors (Lipinski definition) is 1. The van der Waals surface area contributed by atoms with Crippen LogP contribution in [0.4, 0.5) is 0 Å². The molecule has 1 saturated carbocycles. The van der Waals surface area contributed by atoms with Gasteiger partial charge in [0, 0.05) is 19.0 Å². The summed E-state index contributed by atoms with van der Waals surface area (Å²) in [6, 6.07) is 8.16. The summed E-state index contributed by atoms with van der Waals surface area (Å²) in [4.78, 5) is 32.5. The monoisotopic (exact) mass is 339 g/mol. The zero-order valence-electron chi connectivity index (χ0n) is 14.2. The Kier molecular flexibility index (Phi) is 3.82. The third-order valence-electron chi connectivity index (χ3n) is 5.69. The van der Waals surface area contributed by atoms with Gasteiger partial charge in [0.2, 0.25) is 0 Å². The van der Waals surface area contributed by atoms with Crippen LogP contribution in [0.1, 0.15) is 41.2 Å². The second-order valence-corrected chi connectivity index (χ2v) is 7.04. The third kappa shape index (κ3) is 2.71. The SMILES string of the molecule is COc1ccc(C2CN(C(=O)c3cncc(=O)[nH]3)CC23CCC3)cc1. The van der Waals surface area contributed by atoms with E-state index in [0.29, 0.717) is 12.5 Å². The lowest BCUT2D eigenvalue weighted by atomic mass is 9.61. The molecule has 1 aliphatic heterocycles. The molecule has 1 spiro atoms. The van der Waals surface area contributed by atoms with Crippen molar-refractivity contribution in [2.75, 3.05) is 20.2 Å². The van der Waals surface area contributed by atoms with Crippen LogP contribution in [0.2, 0.25) is 0 Å². The van der Waals surface area contributed by atoms with E-state index in [0.717, 1.165) is 25.1 Å². The molecule has 2 fully saturated rings. The second-order valence-electron chi connectivity index (χ2n) is 7.04. The van der Waals surface area contributed by atoms with Gasteiger partial charge in [0.1, 0.15) is 11.4 Å². The third-order valence-corrected chi connectivity index (χ3v) is 5.69. The van der Waals surface area contributed by atoms with Gasteiger partial charge in [-0.2, -0.15) is 0 Å². The van der Waals surface area contributed by atoms with E-state index in [2.05, 4.69) is 22.1 Å². The summed E-state index contributed by atoms with van der Waals surface area (Å²) in [5.41, 5.74) is 1.31. The van der Waals surface area contributed by atoms with Gasteiger partial charge in [-0.25, -0.2) is 0 Å². The zero-order valence-corrected chi connectivity index (χ0v) is 14.2. The number of amides is 1. The molecular formula is C19H21N3O3. The Labute approximate surface area is 145 Å². The molecule has 6 heteroatoms. The topological polar surface area (TPSA) is 75.3 Å². The van der Waals surface area contributed by atoms with Gasteiger partial charge in [0.25, 0.3) is 11.5 Å². The fourth-order valence-corrected chi connectivity index (χ4v) is 4.21. The van der Waals surface area contributed by atoms with Crippen molar-refractivity contribution in [3.8, 4) is 5.75 Å². The highest BCUT2D eigenvalue weighted by atomic mass is 16.5. The van der Waals surface area contributed by atoms with Crippen molar-refractivity contribution >= 4 is 5.91 Å². The van der Waals surface area contributed by atoms with Crippen molar-refractivity contribution in [3.63, 3.8) is 0 Å². The largest absolute Gasteiger partial charge is 0.497 e. The molecule has 4 rings (SSSR count). The predicted molar refractivity (Wildman–Crippen MR) is 92.8 cm³/mol. The van der Waals surface area contributed by atoms with E-state index in [4.69, 9.17) is 4.74 Å². The van der Waals surface area contributed by atoms with Gasteiger partial charge in [-0.1, -0.05) is 18.6 Å². The van der Waals surface area contributed by atoms with Crippen molar-refractivity contribution < 1.29 is 9.53 Å². The smallest absolute Gasteiger partial charge is 0.272 e. The van der Waals surface area contributed by atoms with E-state index in [1.165, 1.54) is 24.4 Å². The highest BCUT2D eigenvalue weighted by molar-refractivity contribution is 5.92. The molecule has 2 aliphatic rings. The van der Waals surface area contributed by atoms with E-state index < -0.39 is 0 Å². The number of benzene rings is 1. The average Bonchev–Trinajstić information content (AvgIpc) is 3.02. The first-order valence-electron chi connectivity index (χ1n) is 8.59. The molecule has 1 aromatic heterocycles. The maximum atomic E-state index is 12.8. The molecule has 130 valence electrons. The molecule has 2 heterocycles. The number of likely N-dealkylation sites (tertiary alicyclic amines) is 1. The van der Waals surface area contributed by atoms with Crippen molar-refractivity contribution in [1.29, 1.82) is 0 Å². The van der Waals surface area contributed by atoms with Crippen LogP contribution >= 0.6 is 0 Å². The van der Waals surface area contributed by atoms with E-state index in [-0.39, 0.29) is 22.6 Å².